The van der Waals surface area contributed by atoms with Gasteiger partial charge in [0.1, 0.15) is 12.6 Å². The summed E-state index contributed by atoms with van der Waals surface area (Å²) < 4.78 is 10.1. The zero-order valence-electron chi connectivity index (χ0n) is 21.1. The molecule has 0 bridgehead atoms. The Kier molecular flexibility index (Phi) is 8.67. The summed E-state index contributed by atoms with van der Waals surface area (Å²) in [5.74, 6) is -1.41. The number of esters is 2. The molecule has 0 N–H and O–H groups in total. The monoisotopic (exact) mass is 544 g/mol. The molecule has 1 fully saturated rings. The lowest BCUT2D eigenvalue weighted by Crippen LogP contribution is -2.39. The molecular formula is C26H29ClN4O7. The molecule has 0 aliphatic carbocycles. The highest BCUT2D eigenvalue weighted by Gasteiger charge is 2.40. The molecule has 2 aromatic rings. The second-order valence-electron chi connectivity index (χ2n) is 9.15. The number of hydrogen-bond acceptors (Lipinski definition) is 8. The Balaban J connectivity index is 1.37. The minimum Gasteiger partial charge on any atom is -0.569 e. The molecule has 1 saturated heterocycles. The summed E-state index contributed by atoms with van der Waals surface area (Å²) in [7, 11) is 0. The number of rotatable bonds is 9. The Morgan fingerprint density at radius 3 is 2.61 bits per heavy atom. The van der Waals surface area contributed by atoms with Crippen LogP contribution in [0.5, 0.6) is 0 Å². The van der Waals surface area contributed by atoms with Crippen molar-refractivity contribution in [1.82, 2.24) is 5.01 Å². The predicted molar refractivity (Wildman–Crippen MR) is 136 cm³/mol. The number of halogens is 1. The van der Waals surface area contributed by atoms with E-state index < -0.39 is 18.7 Å². The normalized spacial score (nSPS) is 20.7. The van der Waals surface area contributed by atoms with E-state index in [2.05, 4.69) is 10.0 Å². The molecule has 4 rings (SSSR count). The van der Waals surface area contributed by atoms with Gasteiger partial charge in [-0.2, -0.15) is 0 Å². The Labute approximate surface area is 225 Å². The van der Waals surface area contributed by atoms with Gasteiger partial charge in [0.15, 0.2) is 0 Å². The van der Waals surface area contributed by atoms with E-state index in [0.29, 0.717) is 23.6 Å². The van der Waals surface area contributed by atoms with Crippen LogP contribution in [0, 0.1) is 5.21 Å². The topological polar surface area (TPSA) is 124 Å². The Bertz CT molecular complexity index is 1210. The van der Waals surface area contributed by atoms with E-state index in [1.165, 1.54) is 11.9 Å². The molecule has 0 aromatic heterocycles. The number of benzene rings is 2. The van der Waals surface area contributed by atoms with Gasteiger partial charge < -0.3 is 24.4 Å². The maximum Gasteiger partial charge on any atom is 0.306 e. The van der Waals surface area contributed by atoms with E-state index in [0.717, 1.165) is 17.7 Å². The van der Waals surface area contributed by atoms with E-state index in [1.54, 1.807) is 29.2 Å². The molecule has 2 heterocycles. The average Bonchev–Trinajstić information content (AvgIpc) is 3.48. The lowest BCUT2D eigenvalue weighted by molar-refractivity contribution is -0.715. The summed E-state index contributed by atoms with van der Waals surface area (Å²) in [6.45, 7) is 3.08. The number of hydrazine groups is 1. The quantitative estimate of drug-likeness (QED) is 0.115. The van der Waals surface area contributed by atoms with E-state index in [-0.39, 0.29) is 41.9 Å². The number of carbonyl (C=O) groups excluding carboxylic acids is 3. The predicted octanol–water partition coefficient (Wildman–Crippen LogP) is 4.20. The third-order valence-electron chi connectivity index (χ3n) is 6.73. The molecule has 0 saturated carbocycles. The van der Waals surface area contributed by atoms with Crippen molar-refractivity contribution in [1.29, 1.82) is 0 Å². The first-order valence-electron chi connectivity index (χ1n) is 12.3. The maximum atomic E-state index is 13.4. The number of carbonyl (C=O) groups is 3. The van der Waals surface area contributed by atoms with Gasteiger partial charge in [0, 0.05) is 35.2 Å². The number of fused-ring (bicyclic) bond motifs is 1. The largest absolute Gasteiger partial charge is 0.569 e. The van der Waals surface area contributed by atoms with Crippen LogP contribution in [-0.4, -0.2) is 59.9 Å². The third-order valence-corrected chi connectivity index (χ3v) is 6.98. The van der Waals surface area contributed by atoms with Crippen molar-refractivity contribution < 1.29 is 33.7 Å². The molecule has 11 nitrogen and oxygen atoms in total. The van der Waals surface area contributed by atoms with Gasteiger partial charge in [-0.3, -0.25) is 14.4 Å². The Morgan fingerprint density at radius 1 is 1.13 bits per heavy atom. The minimum atomic E-state index is -0.555. The van der Waals surface area contributed by atoms with E-state index >= 15 is 0 Å². The average molecular weight is 545 g/mol. The second-order valence-corrected chi connectivity index (χ2v) is 9.59. The Hall–Kier alpha value is -3.86. The van der Waals surface area contributed by atoms with Gasteiger partial charge in [-0.25, -0.2) is 0 Å². The number of para-hydroxylation sites is 1. The van der Waals surface area contributed by atoms with Crippen LogP contribution in [0.2, 0.25) is 5.02 Å². The van der Waals surface area contributed by atoms with Gasteiger partial charge >= 0.3 is 11.9 Å². The second kappa shape index (κ2) is 12.1. The van der Waals surface area contributed by atoms with Crippen LogP contribution >= 0.6 is 11.6 Å². The van der Waals surface area contributed by atoms with Crippen LogP contribution in [0.3, 0.4) is 0 Å². The van der Waals surface area contributed by atoms with Crippen LogP contribution < -0.4 is 4.90 Å². The van der Waals surface area contributed by atoms with Gasteiger partial charge in [0.05, 0.1) is 17.9 Å². The zero-order valence-corrected chi connectivity index (χ0v) is 21.9. The molecule has 38 heavy (non-hydrogen) atoms. The van der Waals surface area contributed by atoms with Gasteiger partial charge in [-0.15, -0.1) is 5.01 Å². The molecule has 2 unspecified atom stereocenters. The molecule has 0 radical (unpaired) electrons. The highest BCUT2D eigenvalue weighted by atomic mass is 35.5. The number of anilines is 1. The van der Waals surface area contributed by atoms with Gasteiger partial charge in [0.25, 0.3) is 12.7 Å². The third kappa shape index (κ3) is 6.16. The highest BCUT2D eigenvalue weighted by molar-refractivity contribution is 6.30. The number of hydrogen-bond donors (Lipinski definition) is 0. The summed E-state index contributed by atoms with van der Waals surface area (Å²) in [5.41, 5.74) is 2.17. The van der Waals surface area contributed by atoms with Gasteiger partial charge in [-0.05, 0) is 55.7 Å². The Morgan fingerprint density at radius 2 is 1.87 bits per heavy atom. The molecule has 2 aliphatic rings. The molecule has 12 heteroatoms. The first-order valence-corrected chi connectivity index (χ1v) is 12.7. The molecular weight excluding hydrogens is 516 g/mol. The molecule has 2 aliphatic heterocycles. The lowest BCUT2D eigenvalue weighted by atomic mass is 9.92. The fourth-order valence-corrected chi connectivity index (χ4v) is 4.98. The van der Waals surface area contributed by atoms with Crippen molar-refractivity contribution in [2.45, 2.75) is 51.1 Å². The summed E-state index contributed by atoms with van der Waals surface area (Å²) in [5, 5.41) is 17.6. The lowest BCUT2D eigenvalue weighted by Gasteiger charge is -2.25. The van der Waals surface area contributed by atoms with Crippen LogP contribution in [0.4, 0.5) is 5.69 Å². The van der Waals surface area contributed by atoms with E-state index in [1.807, 2.05) is 31.2 Å². The summed E-state index contributed by atoms with van der Waals surface area (Å²) in [6.07, 6.45) is 1.43. The van der Waals surface area contributed by atoms with E-state index in [4.69, 9.17) is 21.2 Å². The van der Waals surface area contributed by atoms with Crippen LogP contribution in [-0.2, 0) is 23.9 Å². The molecule has 2 aromatic carbocycles. The van der Waals surface area contributed by atoms with Crippen molar-refractivity contribution in [2.24, 2.45) is 5.28 Å². The standard InChI is InChI=1S/C26H29ClN4O7/c1-17-23(22-7-3-4-8-24(22)30(17)26(34)19-9-11-20(27)12-10-19)14-25(33)36-15-21-6-5-13-29(21)31(35)28-38-16-37-18(2)32/h3-4,7-12,17,21,23H,5-6,13-16H2,1-2H3/b31-28-/t17?,21-,23?/m0/s1. The summed E-state index contributed by atoms with van der Waals surface area (Å²) >= 11 is 5.98. The zero-order chi connectivity index (χ0) is 27.2. The van der Waals surface area contributed by atoms with Crippen molar-refractivity contribution in [3.63, 3.8) is 0 Å². The molecule has 1 amide bonds. The first-order chi connectivity index (χ1) is 18.3. The van der Waals surface area contributed by atoms with E-state index in [9.17, 15) is 19.6 Å². The molecule has 202 valence electrons. The fraction of sp³-hybridized carbons (Fsp3) is 0.423. The van der Waals surface area contributed by atoms with Crippen molar-refractivity contribution in [3.05, 3.63) is 69.9 Å². The van der Waals surface area contributed by atoms with Crippen LogP contribution in [0.1, 0.15) is 54.9 Å². The molecule has 0 spiro atoms. The van der Waals surface area contributed by atoms with Crippen LogP contribution in [0.15, 0.2) is 53.8 Å². The molecule has 3 atom stereocenters. The minimum absolute atomic E-state index is 0.00715. The number of nitrogens with zero attached hydrogens (tertiary/aromatic N) is 4. The summed E-state index contributed by atoms with van der Waals surface area (Å²) in [6, 6.07) is 13.6. The smallest absolute Gasteiger partial charge is 0.306 e. The first kappa shape index (κ1) is 27.2. The van der Waals surface area contributed by atoms with Crippen molar-refractivity contribution in [2.75, 3.05) is 24.8 Å². The number of ether oxygens (including phenoxy) is 2. The fourth-order valence-electron chi connectivity index (χ4n) is 4.86. The van der Waals surface area contributed by atoms with Gasteiger partial charge in [0.2, 0.25) is 5.28 Å². The van der Waals surface area contributed by atoms with Crippen molar-refractivity contribution in [3.8, 4) is 0 Å². The summed E-state index contributed by atoms with van der Waals surface area (Å²) in [4.78, 5) is 43.7. The van der Waals surface area contributed by atoms with Crippen LogP contribution in [0.25, 0.3) is 0 Å². The van der Waals surface area contributed by atoms with Crippen molar-refractivity contribution >= 4 is 35.1 Å². The SMILES string of the molecule is CC(=O)OCO/N=[N+](\[O-])N1CCC[C@H]1COC(=O)CC1c2ccccc2N(C(=O)c2ccc(Cl)cc2)C1C. The van der Waals surface area contributed by atoms with Gasteiger partial charge in [-0.1, -0.05) is 29.8 Å². The number of amides is 1. The highest BCUT2D eigenvalue weighted by Crippen LogP contribution is 2.43. The maximum absolute atomic E-state index is 13.4.